The van der Waals surface area contributed by atoms with Crippen molar-refractivity contribution in [2.75, 3.05) is 19.6 Å². The monoisotopic (exact) mass is 352 g/mol. The predicted octanol–water partition coefficient (Wildman–Crippen LogP) is 4.83. The van der Waals surface area contributed by atoms with Crippen molar-refractivity contribution in [1.29, 1.82) is 0 Å². The molecule has 0 unspecified atom stereocenters. The standard InChI is InChI=1S/C18H22Cl2N2O/c1-2-22-9-3-4-14(22)11-21-12-15-6-8-18(23-15)16-7-5-13(19)10-17(16)20/h5-8,10,14,21H,2-4,9,11-12H2,1H3/t14-/m1/s1. The van der Waals surface area contributed by atoms with Crippen LogP contribution in [0.25, 0.3) is 11.3 Å². The van der Waals surface area contributed by atoms with Gasteiger partial charge in [-0.2, -0.15) is 0 Å². The summed E-state index contributed by atoms with van der Waals surface area (Å²) in [4.78, 5) is 2.54. The summed E-state index contributed by atoms with van der Waals surface area (Å²) in [6.45, 7) is 6.33. The van der Waals surface area contributed by atoms with Gasteiger partial charge in [0, 0.05) is 23.2 Å². The number of hydrogen-bond acceptors (Lipinski definition) is 3. The lowest BCUT2D eigenvalue weighted by Crippen LogP contribution is -2.37. The van der Waals surface area contributed by atoms with Gasteiger partial charge in [0.1, 0.15) is 11.5 Å². The molecule has 3 nitrogen and oxygen atoms in total. The van der Waals surface area contributed by atoms with Crippen LogP contribution >= 0.6 is 23.2 Å². The number of halogens is 2. The maximum atomic E-state index is 6.23. The summed E-state index contributed by atoms with van der Waals surface area (Å²) in [5, 5.41) is 4.74. The molecule has 5 heteroatoms. The van der Waals surface area contributed by atoms with Gasteiger partial charge in [0.25, 0.3) is 0 Å². The first-order chi connectivity index (χ1) is 11.2. The van der Waals surface area contributed by atoms with Gasteiger partial charge in [-0.15, -0.1) is 0 Å². The fourth-order valence-electron chi connectivity index (χ4n) is 3.21. The van der Waals surface area contributed by atoms with E-state index >= 15 is 0 Å². The van der Waals surface area contributed by atoms with Crippen LogP contribution < -0.4 is 5.32 Å². The van der Waals surface area contributed by atoms with Crippen molar-refractivity contribution >= 4 is 23.2 Å². The Hall–Kier alpha value is -1.00. The molecule has 1 aliphatic rings. The molecular weight excluding hydrogens is 331 g/mol. The summed E-state index contributed by atoms with van der Waals surface area (Å²) in [7, 11) is 0. The van der Waals surface area contributed by atoms with Gasteiger partial charge in [-0.3, -0.25) is 4.90 Å². The Morgan fingerprint density at radius 1 is 1.26 bits per heavy atom. The number of hydrogen-bond donors (Lipinski definition) is 1. The van der Waals surface area contributed by atoms with Crippen LogP contribution in [0.1, 0.15) is 25.5 Å². The second kappa shape index (κ2) is 7.71. The fourth-order valence-corrected chi connectivity index (χ4v) is 3.71. The second-order valence-corrected chi connectivity index (χ2v) is 6.79. The zero-order chi connectivity index (χ0) is 16.2. The summed E-state index contributed by atoms with van der Waals surface area (Å²) in [6, 6.07) is 10.1. The highest BCUT2D eigenvalue weighted by molar-refractivity contribution is 6.36. The largest absolute Gasteiger partial charge is 0.460 e. The quantitative estimate of drug-likeness (QED) is 0.807. The van der Waals surface area contributed by atoms with Crippen molar-refractivity contribution in [1.82, 2.24) is 10.2 Å². The summed E-state index contributed by atoms with van der Waals surface area (Å²) in [5.41, 5.74) is 0.871. The first kappa shape index (κ1) is 16.8. The van der Waals surface area contributed by atoms with E-state index in [0.717, 1.165) is 36.7 Å². The van der Waals surface area contributed by atoms with Gasteiger partial charge in [-0.25, -0.2) is 0 Å². The molecule has 0 aliphatic carbocycles. The minimum absolute atomic E-state index is 0.607. The number of rotatable bonds is 6. The summed E-state index contributed by atoms with van der Waals surface area (Å²) in [6.07, 6.45) is 2.59. The third-order valence-corrected chi connectivity index (χ3v) is 4.99. The molecule has 1 atom stereocenters. The zero-order valence-corrected chi connectivity index (χ0v) is 14.8. The van der Waals surface area contributed by atoms with E-state index in [0.29, 0.717) is 16.1 Å². The number of nitrogens with one attached hydrogen (secondary N) is 1. The van der Waals surface area contributed by atoms with Crippen LogP contribution in [-0.4, -0.2) is 30.6 Å². The van der Waals surface area contributed by atoms with Crippen LogP contribution in [-0.2, 0) is 6.54 Å². The van der Waals surface area contributed by atoms with Crippen LogP contribution in [0.3, 0.4) is 0 Å². The molecule has 23 heavy (non-hydrogen) atoms. The van der Waals surface area contributed by atoms with E-state index in [2.05, 4.69) is 17.1 Å². The number of furan rings is 1. The molecule has 2 aromatic rings. The Labute approximate surface area is 147 Å². The topological polar surface area (TPSA) is 28.4 Å². The minimum Gasteiger partial charge on any atom is -0.460 e. The van der Waals surface area contributed by atoms with E-state index in [1.54, 1.807) is 6.07 Å². The molecule has 1 aromatic carbocycles. The van der Waals surface area contributed by atoms with Crippen LogP contribution in [0.15, 0.2) is 34.7 Å². The van der Waals surface area contributed by atoms with Gasteiger partial charge in [0.15, 0.2) is 0 Å². The molecule has 1 N–H and O–H groups in total. The Kier molecular flexibility index (Phi) is 5.65. The molecule has 2 heterocycles. The molecule has 0 amide bonds. The van der Waals surface area contributed by atoms with Gasteiger partial charge < -0.3 is 9.73 Å². The number of likely N-dealkylation sites (N-methyl/N-ethyl adjacent to an activating group) is 1. The molecule has 1 aliphatic heterocycles. The van der Waals surface area contributed by atoms with Crippen molar-refractivity contribution in [3.8, 4) is 11.3 Å². The molecule has 1 fully saturated rings. The highest BCUT2D eigenvalue weighted by Crippen LogP contribution is 2.31. The summed E-state index contributed by atoms with van der Waals surface area (Å²) in [5.74, 6) is 1.70. The molecule has 1 aromatic heterocycles. The summed E-state index contributed by atoms with van der Waals surface area (Å²) < 4.78 is 5.90. The molecular formula is C18H22Cl2N2O. The van der Waals surface area contributed by atoms with Crippen molar-refractivity contribution in [2.45, 2.75) is 32.4 Å². The van der Waals surface area contributed by atoms with Crippen LogP contribution in [0.5, 0.6) is 0 Å². The molecule has 0 spiro atoms. The first-order valence-electron chi connectivity index (χ1n) is 8.16. The van der Waals surface area contributed by atoms with E-state index < -0.39 is 0 Å². The maximum Gasteiger partial charge on any atom is 0.135 e. The molecule has 1 saturated heterocycles. The molecule has 0 saturated carbocycles. The minimum atomic E-state index is 0.607. The average molecular weight is 353 g/mol. The predicted molar refractivity (Wildman–Crippen MR) is 96.1 cm³/mol. The van der Waals surface area contributed by atoms with E-state index in [1.165, 1.54) is 19.4 Å². The third kappa shape index (κ3) is 4.10. The smallest absolute Gasteiger partial charge is 0.135 e. The lowest BCUT2D eigenvalue weighted by atomic mass is 10.2. The number of nitrogens with zero attached hydrogens (tertiary/aromatic N) is 1. The van der Waals surface area contributed by atoms with Gasteiger partial charge >= 0.3 is 0 Å². The van der Waals surface area contributed by atoms with Crippen molar-refractivity contribution in [2.24, 2.45) is 0 Å². The zero-order valence-electron chi connectivity index (χ0n) is 13.3. The highest BCUT2D eigenvalue weighted by atomic mass is 35.5. The van der Waals surface area contributed by atoms with Crippen molar-refractivity contribution in [3.05, 3.63) is 46.1 Å². The van der Waals surface area contributed by atoms with Gasteiger partial charge in [0.05, 0.1) is 11.6 Å². The highest BCUT2D eigenvalue weighted by Gasteiger charge is 2.22. The fraction of sp³-hybridized carbons (Fsp3) is 0.444. The van der Waals surface area contributed by atoms with Crippen LogP contribution in [0.2, 0.25) is 10.0 Å². The Morgan fingerprint density at radius 3 is 2.91 bits per heavy atom. The van der Waals surface area contributed by atoms with Gasteiger partial charge in [-0.05, 0) is 56.3 Å². The average Bonchev–Trinajstić information content (AvgIpc) is 3.16. The summed E-state index contributed by atoms with van der Waals surface area (Å²) >= 11 is 12.2. The maximum absolute atomic E-state index is 6.23. The Morgan fingerprint density at radius 2 is 2.13 bits per heavy atom. The lowest BCUT2D eigenvalue weighted by molar-refractivity contribution is 0.258. The van der Waals surface area contributed by atoms with Crippen LogP contribution in [0.4, 0.5) is 0 Å². The third-order valence-electron chi connectivity index (χ3n) is 4.44. The van der Waals surface area contributed by atoms with Gasteiger partial charge in [-0.1, -0.05) is 30.1 Å². The number of benzene rings is 1. The van der Waals surface area contributed by atoms with Gasteiger partial charge in [0.2, 0.25) is 0 Å². The normalized spacial score (nSPS) is 18.7. The Balaban J connectivity index is 1.57. The van der Waals surface area contributed by atoms with E-state index in [-0.39, 0.29) is 0 Å². The molecule has 3 rings (SSSR count). The Bertz CT molecular complexity index is 656. The van der Waals surface area contributed by atoms with E-state index in [9.17, 15) is 0 Å². The lowest BCUT2D eigenvalue weighted by Gasteiger charge is -2.22. The SMILES string of the molecule is CCN1CCC[C@@H]1CNCc1ccc(-c2ccc(Cl)cc2Cl)o1. The van der Waals surface area contributed by atoms with E-state index in [4.69, 9.17) is 27.6 Å². The van der Waals surface area contributed by atoms with E-state index in [1.807, 2.05) is 24.3 Å². The second-order valence-electron chi connectivity index (χ2n) is 5.95. The van der Waals surface area contributed by atoms with Crippen LogP contribution in [0, 0.1) is 0 Å². The molecule has 0 radical (unpaired) electrons. The molecule has 124 valence electrons. The molecule has 0 bridgehead atoms. The first-order valence-corrected chi connectivity index (χ1v) is 8.92. The van der Waals surface area contributed by atoms with Crippen molar-refractivity contribution in [3.63, 3.8) is 0 Å². The number of likely N-dealkylation sites (tertiary alicyclic amines) is 1. The van der Waals surface area contributed by atoms with Crippen molar-refractivity contribution < 1.29 is 4.42 Å².